The lowest BCUT2D eigenvalue weighted by Crippen LogP contribution is -2.54. The Morgan fingerprint density at radius 3 is 2.84 bits per heavy atom. The number of aliphatic hydroxyl groups is 1. The van der Waals surface area contributed by atoms with Crippen LogP contribution in [-0.4, -0.2) is 65.7 Å². The Hall–Kier alpha value is -2.61. The van der Waals surface area contributed by atoms with E-state index in [1.54, 1.807) is 13.0 Å². The summed E-state index contributed by atoms with van der Waals surface area (Å²) >= 11 is 0. The van der Waals surface area contributed by atoms with Crippen molar-refractivity contribution in [2.75, 3.05) is 30.8 Å². The highest BCUT2D eigenvalue weighted by molar-refractivity contribution is 7.95. The van der Waals surface area contributed by atoms with Crippen molar-refractivity contribution in [3.63, 3.8) is 0 Å². The number of aromatic nitrogens is 5. The molecule has 0 aliphatic carbocycles. The van der Waals surface area contributed by atoms with Crippen LogP contribution in [0.5, 0.6) is 0 Å². The molecular weight excluding hydrogens is 444 g/mol. The maximum absolute atomic E-state index is 13.1. The SMILES string of the molecule is CC1(O)CCN(c2cc(-c3cnc4ccc(C(F)F)nn34)ncn2)CC1CN[S+](C)(=O)O. The summed E-state index contributed by atoms with van der Waals surface area (Å²) in [5.41, 5.74) is -0.0611. The number of nitrogens with zero attached hydrogens (tertiary/aromatic N) is 6. The largest absolute Gasteiger partial charge is 0.390 e. The second kappa shape index (κ2) is 8.39. The zero-order valence-corrected chi connectivity index (χ0v) is 18.3. The van der Waals surface area contributed by atoms with Gasteiger partial charge >= 0.3 is 0 Å². The summed E-state index contributed by atoms with van der Waals surface area (Å²) in [6, 6.07) is 4.41. The van der Waals surface area contributed by atoms with Crippen LogP contribution < -0.4 is 9.62 Å². The number of imidazole rings is 1. The molecule has 1 fully saturated rings. The molecule has 10 nitrogen and oxygen atoms in total. The molecule has 0 spiro atoms. The zero-order valence-electron chi connectivity index (χ0n) is 17.5. The first kappa shape index (κ1) is 22.6. The molecular formula is C19H24F2N7O3S+. The van der Waals surface area contributed by atoms with Gasteiger partial charge in [-0.25, -0.2) is 28.2 Å². The molecule has 1 aliphatic heterocycles. The van der Waals surface area contributed by atoms with Crippen molar-refractivity contribution in [1.82, 2.24) is 29.3 Å². The highest BCUT2D eigenvalue weighted by Gasteiger charge is 2.39. The van der Waals surface area contributed by atoms with E-state index in [9.17, 15) is 22.6 Å². The third-order valence-electron chi connectivity index (χ3n) is 5.65. The van der Waals surface area contributed by atoms with E-state index < -0.39 is 22.4 Å². The second-order valence-corrected chi connectivity index (χ2v) is 10.0. The van der Waals surface area contributed by atoms with Crippen LogP contribution in [0.4, 0.5) is 14.6 Å². The topological polar surface area (TPSA) is 129 Å². The van der Waals surface area contributed by atoms with Crippen LogP contribution in [0.25, 0.3) is 17.0 Å². The van der Waals surface area contributed by atoms with Crippen LogP contribution in [0.1, 0.15) is 25.5 Å². The summed E-state index contributed by atoms with van der Waals surface area (Å²) in [4.78, 5) is 14.7. The Morgan fingerprint density at radius 1 is 1.34 bits per heavy atom. The monoisotopic (exact) mass is 468 g/mol. The fraction of sp³-hybridized carbons (Fsp3) is 0.474. The van der Waals surface area contributed by atoms with Gasteiger partial charge in [0.05, 0.1) is 24.0 Å². The van der Waals surface area contributed by atoms with Crippen molar-refractivity contribution < 1.29 is 22.6 Å². The van der Waals surface area contributed by atoms with Gasteiger partial charge in [0.15, 0.2) is 11.9 Å². The zero-order chi connectivity index (χ0) is 23.1. The van der Waals surface area contributed by atoms with Gasteiger partial charge in [0.1, 0.15) is 23.5 Å². The number of halogens is 2. The minimum absolute atomic E-state index is 0.154. The van der Waals surface area contributed by atoms with E-state index in [0.29, 0.717) is 42.4 Å². The Morgan fingerprint density at radius 2 is 2.12 bits per heavy atom. The molecule has 0 bridgehead atoms. The van der Waals surface area contributed by atoms with Crippen molar-refractivity contribution in [1.29, 1.82) is 0 Å². The van der Waals surface area contributed by atoms with E-state index in [2.05, 4.69) is 24.8 Å². The number of piperidine rings is 1. The fourth-order valence-electron chi connectivity index (χ4n) is 3.71. The maximum Gasteiger partial charge on any atom is 0.285 e. The molecule has 0 saturated carbocycles. The summed E-state index contributed by atoms with van der Waals surface area (Å²) in [6.45, 7) is 2.77. The Balaban J connectivity index is 1.61. The number of hydrogen-bond donors (Lipinski definition) is 3. The molecule has 3 unspecified atom stereocenters. The van der Waals surface area contributed by atoms with Crippen molar-refractivity contribution in [3.05, 3.63) is 36.4 Å². The first-order chi connectivity index (χ1) is 15.0. The van der Waals surface area contributed by atoms with E-state index in [4.69, 9.17) is 0 Å². The average Bonchev–Trinajstić information content (AvgIpc) is 3.15. The molecule has 4 rings (SSSR count). The fourth-order valence-corrected chi connectivity index (χ4v) is 4.22. The molecule has 172 valence electrons. The minimum atomic E-state index is -3.15. The van der Waals surface area contributed by atoms with Gasteiger partial charge in [-0.15, -0.1) is 4.72 Å². The summed E-state index contributed by atoms with van der Waals surface area (Å²) in [6.07, 6.45) is 1.79. The lowest BCUT2D eigenvalue weighted by Gasteiger charge is -2.42. The van der Waals surface area contributed by atoms with Crippen LogP contribution >= 0.6 is 0 Å². The third kappa shape index (κ3) is 4.75. The van der Waals surface area contributed by atoms with Crippen molar-refractivity contribution in [2.24, 2.45) is 5.92 Å². The van der Waals surface area contributed by atoms with Gasteiger partial charge in [0, 0.05) is 25.1 Å². The van der Waals surface area contributed by atoms with Crippen LogP contribution in [0.15, 0.2) is 30.7 Å². The highest BCUT2D eigenvalue weighted by Crippen LogP contribution is 2.31. The van der Waals surface area contributed by atoms with E-state index in [-0.39, 0.29) is 18.2 Å². The van der Waals surface area contributed by atoms with E-state index in [1.165, 1.54) is 35.4 Å². The molecule has 0 radical (unpaired) electrons. The average molecular weight is 469 g/mol. The van der Waals surface area contributed by atoms with Gasteiger partial charge < -0.3 is 10.0 Å². The Labute approximate surface area is 184 Å². The molecule has 3 aromatic heterocycles. The third-order valence-corrected chi connectivity index (χ3v) is 6.35. The summed E-state index contributed by atoms with van der Waals surface area (Å²) in [5.74, 6) is 0.255. The summed E-state index contributed by atoms with van der Waals surface area (Å²) in [7, 11) is -3.15. The van der Waals surface area contributed by atoms with Crippen LogP contribution in [0.2, 0.25) is 0 Å². The van der Waals surface area contributed by atoms with Crippen LogP contribution in [0.3, 0.4) is 0 Å². The highest BCUT2D eigenvalue weighted by atomic mass is 32.3. The van der Waals surface area contributed by atoms with Crippen molar-refractivity contribution in [3.8, 4) is 11.4 Å². The molecule has 3 N–H and O–H groups in total. The lowest BCUT2D eigenvalue weighted by atomic mass is 9.82. The number of hydrogen-bond acceptors (Lipinski definition) is 7. The van der Waals surface area contributed by atoms with Crippen LogP contribution in [-0.2, 0) is 14.6 Å². The number of fused-ring (bicyclic) bond motifs is 1. The molecule has 32 heavy (non-hydrogen) atoms. The van der Waals surface area contributed by atoms with Gasteiger partial charge in [0.2, 0.25) is 0 Å². The molecule has 0 amide bonds. The molecule has 1 aliphatic rings. The van der Waals surface area contributed by atoms with Crippen molar-refractivity contribution in [2.45, 2.75) is 25.4 Å². The van der Waals surface area contributed by atoms with Gasteiger partial charge in [-0.3, -0.25) is 0 Å². The quantitative estimate of drug-likeness (QED) is 0.467. The lowest BCUT2D eigenvalue weighted by molar-refractivity contribution is -0.0146. The molecule has 3 aromatic rings. The molecule has 0 aromatic carbocycles. The number of alkyl halides is 2. The molecule has 13 heteroatoms. The van der Waals surface area contributed by atoms with Gasteiger partial charge in [0.25, 0.3) is 16.8 Å². The predicted molar refractivity (Wildman–Crippen MR) is 115 cm³/mol. The van der Waals surface area contributed by atoms with E-state index >= 15 is 0 Å². The van der Waals surface area contributed by atoms with Gasteiger partial charge in [-0.05, 0) is 29.7 Å². The number of anilines is 1. The minimum Gasteiger partial charge on any atom is -0.390 e. The predicted octanol–water partition coefficient (Wildman–Crippen LogP) is 1.81. The molecule has 1 saturated heterocycles. The normalized spacial score (nSPS) is 23.6. The first-order valence-corrected chi connectivity index (χ1v) is 11.8. The Bertz CT molecular complexity index is 1170. The van der Waals surface area contributed by atoms with Gasteiger partial charge in [-0.1, -0.05) is 0 Å². The number of rotatable bonds is 6. The van der Waals surface area contributed by atoms with Crippen LogP contribution in [0, 0.1) is 5.92 Å². The molecule has 3 atom stereocenters. The van der Waals surface area contributed by atoms with E-state index in [0.717, 1.165) is 0 Å². The summed E-state index contributed by atoms with van der Waals surface area (Å²) < 4.78 is 51.2. The van der Waals surface area contributed by atoms with E-state index in [1.807, 2.05) is 4.90 Å². The number of nitrogens with one attached hydrogen (secondary N) is 1. The molecule has 4 heterocycles. The second-order valence-electron chi connectivity index (χ2n) is 8.13. The first-order valence-electron chi connectivity index (χ1n) is 9.92. The summed E-state index contributed by atoms with van der Waals surface area (Å²) in [5, 5.41) is 14.7. The maximum atomic E-state index is 13.1. The van der Waals surface area contributed by atoms with Gasteiger partial charge in [-0.2, -0.15) is 9.65 Å². The van der Waals surface area contributed by atoms with Crippen molar-refractivity contribution >= 4 is 21.9 Å². The standard InChI is InChI=1S/C19H23F2N7O3S/c1-19(29)5-6-27(10-12(19)8-25-32(2,30)31)17-7-14(23-11-24-17)15-9-22-16-4-3-13(18(20)21)26-28(15)16/h3-4,7,9,11-12,18,29H,5-6,8,10H2,1-2H3,(H-,25,30,31)/p+1. The Kier molecular flexibility index (Phi) is 5.92. The smallest absolute Gasteiger partial charge is 0.285 e.